The van der Waals surface area contributed by atoms with Crippen molar-refractivity contribution in [2.75, 3.05) is 7.11 Å². The quantitative estimate of drug-likeness (QED) is 0.738. The Morgan fingerprint density at radius 1 is 1.22 bits per heavy atom. The molecule has 23 heavy (non-hydrogen) atoms. The molecule has 0 saturated carbocycles. The van der Waals surface area contributed by atoms with Gasteiger partial charge in [-0.3, -0.25) is 14.9 Å². The molecule has 3 N–H and O–H groups in total. The third-order valence-corrected chi connectivity index (χ3v) is 3.16. The average Bonchev–Trinajstić information content (AvgIpc) is 2.49. The molecule has 0 bridgehead atoms. The van der Waals surface area contributed by atoms with Crippen molar-refractivity contribution >= 4 is 17.9 Å². The normalized spacial score (nSPS) is 11.7. The minimum Gasteiger partial charge on any atom is -0.496 e. The molecule has 7 heteroatoms. The van der Waals surface area contributed by atoms with Crippen LogP contribution < -0.4 is 15.8 Å². The SMILES string of the molecule is COc1ccccc1CCC(=O)O[C@@H](C(=O)NC(N)=O)C(C)C. The number of nitrogens with two attached hydrogens (primary N) is 1. The van der Waals surface area contributed by atoms with Crippen LogP contribution in [0.25, 0.3) is 0 Å². The number of hydrogen-bond donors (Lipinski definition) is 2. The van der Waals surface area contributed by atoms with Gasteiger partial charge in [-0.25, -0.2) is 4.79 Å². The molecule has 0 spiro atoms. The molecule has 3 amide bonds. The lowest BCUT2D eigenvalue weighted by Gasteiger charge is -2.20. The molecule has 0 fully saturated rings. The van der Waals surface area contributed by atoms with E-state index < -0.39 is 24.0 Å². The van der Waals surface area contributed by atoms with Gasteiger partial charge < -0.3 is 15.2 Å². The molecule has 0 aliphatic rings. The van der Waals surface area contributed by atoms with Crippen LogP contribution in [0, 0.1) is 5.92 Å². The highest BCUT2D eigenvalue weighted by Crippen LogP contribution is 2.19. The van der Waals surface area contributed by atoms with Gasteiger partial charge in [0, 0.05) is 6.42 Å². The zero-order valence-electron chi connectivity index (χ0n) is 13.5. The molecule has 0 aromatic heterocycles. The van der Waals surface area contributed by atoms with Crippen LogP contribution in [0.3, 0.4) is 0 Å². The molecule has 0 saturated heterocycles. The van der Waals surface area contributed by atoms with E-state index in [1.54, 1.807) is 27.0 Å². The summed E-state index contributed by atoms with van der Waals surface area (Å²) in [5.74, 6) is -0.857. The van der Waals surface area contributed by atoms with Crippen LogP contribution >= 0.6 is 0 Å². The number of hydrogen-bond acceptors (Lipinski definition) is 5. The summed E-state index contributed by atoms with van der Waals surface area (Å²) in [6, 6.07) is 6.36. The van der Waals surface area contributed by atoms with Crippen LogP contribution in [-0.4, -0.2) is 31.1 Å². The zero-order valence-corrected chi connectivity index (χ0v) is 13.5. The first-order valence-electron chi connectivity index (χ1n) is 7.26. The van der Waals surface area contributed by atoms with Crippen LogP contribution in [0.5, 0.6) is 5.75 Å². The molecule has 0 heterocycles. The van der Waals surface area contributed by atoms with Crippen LogP contribution in [0.4, 0.5) is 4.79 Å². The molecule has 0 aliphatic carbocycles. The Labute approximate surface area is 135 Å². The van der Waals surface area contributed by atoms with E-state index in [0.29, 0.717) is 12.2 Å². The Morgan fingerprint density at radius 2 is 1.87 bits per heavy atom. The molecule has 0 aliphatic heterocycles. The van der Waals surface area contributed by atoms with E-state index in [9.17, 15) is 14.4 Å². The maximum absolute atomic E-state index is 12.0. The number of ether oxygens (including phenoxy) is 2. The van der Waals surface area contributed by atoms with E-state index in [1.807, 2.05) is 23.5 Å². The van der Waals surface area contributed by atoms with E-state index in [2.05, 4.69) is 0 Å². The molecular weight excluding hydrogens is 300 g/mol. The lowest BCUT2D eigenvalue weighted by Crippen LogP contribution is -2.45. The number of carbonyl (C=O) groups excluding carboxylic acids is 3. The van der Waals surface area contributed by atoms with E-state index in [1.165, 1.54) is 0 Å². The summed E-state index contributed by atoms with van der Waals surface area (Å²) in [6.07, 6.45) is -0.550. The van der Waals surface area contributed by atoms with Crippen molar-refractivity contribution in [1.82, 2.24) is 5.32 Å². The van der Waals surface area contributed by atoms with Crippen LogP contribution in [-0.2, 0) is 20.7 Å². The number of carbonyl (C=O) groups is 3. The maximum Gasteiger partial charge on any atom is 0.318 e. The number of urea groups is 1. The monoisotopic (exact) mass is 322 g/mol. The zero-order chi connectivity index (χ0) is 17.4. The standard InChI is InChI=1S/C16H22N2O5/c1-10(2)14(15(20)18-16(17)21)23-13(19)9-8-11-6-4-5-7-12(11)22-3/h4-7,10,14H,8-9H2,1-3H3,(H3,17,18,20,21)/t14-/m1/s1. The Kier molecular flexibility index (Phi) is 7.05. The topological polar surface area (TPSA) is 108 Å². The summed E-state index contributed by atoms with van der Waals surface area (Å²) in [5.41, 5.74) is 5.77. The van der Waals surface area contributed by atoms with E-state index >= 15 is 0 Å². The fraction of sp³-hybridized carbons (Fsp3) is 0.438. The number of nitrogens with one attached hydrogen (secondary N) is 1. The number of imide groups is 1. The second-order valence-electron chi connectivity index (χ2n) is 5.32. The second-order valence-corrected chi connectivity index (χ2v) is 5.32. The summed E-state index contributed by atoms with van der Waals surface area (Å²) in [4.78, 5) is 34.5. The van der Waals surface area contributed by atoms with Gasteiger partial charge in [0.15, 0.2) is 6.10 Å². The van der Waals surface area contributed by atoms with Gasteiger partial charge in [-0.05, 0) is 24.0 Å². The number of benzene rings is 1. The first kappa shape index (κ1) is 18.5. The molecule has 1 atom stereocenters. The van der Waals surface area contributed by atoms with Crippen molar-refractivity contribution in [3.05, 3.63) is 29.8 Å². The Morgan fingerprint density at radius 3 is 2.43 bits per heavy atom. The molecule has 7 nitrogen and oxygen atoms in total. The summed E-state index contributed by atoms with van der Waals surface area (Å²) in [6.45, 7) is 3.41. The maximum atomic E-state index is 12.0. The van der Waals surface area contributed by atoms with Gasteiger partial charge >= 0.3 is 12.0 Å². The minimum absolute atomic E-state index is 0.0907. The third kappa shape index (κ3) is 5.98. The highest BCUT2D eigenvalue weighted by molar-refractivity contribution is 5.96. The van der Waals surface area contributed by atoms with Gasteiger partial charge in [-0.1, -0.05) is 32.0 Å². The van der Waals surface area contributed by atoms with Crippen LogP contribution in [0.15, 0.2) is 24.3 Å². The van der Waals surface area contributed by atoms with Crippen molar-refractivity contribution in [2.45, 2.75) is 32.8 Å². The number of primary amides is 1. The fourth-order valence-corrected chi connectivity index (χ4v) is 2.03. The van der Waals surface area contributed by atoms with Gasteiger partial charge in [-0.2, -0.15) is 0 Å². The molecule has 1 aromatic rings. The third-order valence-electron chi connectivity index (χ3n) is 3.16. The molecule has 1 aromatic carbocycles. The van der Waals surface area contributed by atoms with Gasteiger partial charge in [0.05, 0.1) is 7.11 Å². The lowest BCUT2D eigenvalue weighted by molar-refractivity contribution is -0.158. The minimum atomic E-state index is -1.06. The average molecular weight is 322 g/mol. The van der Waals surface area contributed by atoms with Crippen molar-refractivity contribution < 1.29 is 23.9 Å². The van der Waals surface area contributed by atoms with Gasteiger partial charge in [0.2, 0.25) is 0 Å². The molecular formula is C16H22N2O5. The second kappa shape index (κ2) is 8.77. The van der Waals surface area contributed by atoms with Gasteiger partial charge in [-0.15, -0.1) is 0 Å². The van der Waals surface area contributed by atoms with E-state index in [0.717, 1.165) is 5.56 Å². The molecule has 0 radical (unpaired) electrons. The predicted molar refractivity (Wildman–Crippen MR) is 83.8 cm³/mol. The largest absolute Gasteiger partial charge is 0.496 e. The van der Waals surface area contributed by atoms with Crippen molar-refractivity contribution in [3.8, 4) is 5.75 Å². The number of rotatable bonds is 7. The van der Waals surface area contributed by atoms with Crippen LogP contribution in [0.1, 0.15) is 25.8 Å². The highest BCUT2D eigenvalue weighted by atomic mass is 16.5. The van der Waals surface area contributed by atoms with Gasteiger partial charge in [0.25, 0.3) is 5.91 Å². The van der Waals surface area contributed by atoms with E-state index in [-0.39, 0.29) is 12.3 Å². The van der Waals surface area contributed by atoms with Crippen molar-refractivity contribution in [1.29, 1.82) is 0 Å². The first-order valence-corrected chi connectivity index (χ1v) is 7.26. The van der Waals surface area contributed by atoms with Crippen molar-refractivity contribution in [2.24, 2.45) is 11.7 Å². The molecule has 0 unspecified atom stereocenters. The smallest absolute Gasteiger partial charge is 0.318 e. The Hall–Kier alpha value is -2.57. The predicted octanol–water partition coefficient (Wildman–Crippen LogP) is 1.39. The lowest BCUT2D eigenvalue weighted by atomic mass is 10.1. The van der Waals surface area contributed by atoms with Crippen LogP contribution in [0.2, 0.25) is 0 Å². The van der Waals surface area contributed by atoms with E-state index in [4.69, 9.17) is 15.2 Å². The summed E-state index contributed by atoms with van der Waals surface area (Å²) in [7, 11) is 1.56. The molecule has 126 valence electrons. The van der Waals surface area contributed by atoms with Crippen molar-refractivity contribution in [3.63, 3.8) is 0 Å². The van der Waals surface area contributed by atoms with Gasteiger partial charge in [0.1, 0.15) is 5.75 Å². The Bertz CT molecular complexity index is 571. The number of aryl methyl sites for hydroxylation is 1. The number of para-hydroxylation sites is 1. The first-order chi connectivity index (χ1) is 10.8. The fourth-order valence-electron chi connectivity index (χ4n) is 2.03. The summed E-state index contributed by atoms with van der Waals surface area (Å²) >= 11 is 0. The number of esters is 1. The Balaban J connectivity index is 2.62. The highest BCUT2D eigenvalue weighted by Gasteiger charge is 2.27. The summed E-state index contributed by atoms with van der Waals surface area (Å²) in [5, 5.41) is 1.92. The number of amides is 3. The molecule has 1 rings (SSSR count). The number of methoxy groups -OCH3 is 1. The summed E-state index contributed by atoms with van der Waals surface area (Å²) < 4.78 is 10.4.